The van der Waals surface area contributed by atoms with Crippen molar-refractivity contribution in [2.45, 2.75) is 19.8 Å². The van der Waals surface area contributed by atoms with Gasteiger partial charge in [-0.15, -0.1) is 0 Å². The minimum atomic E-state index is -0.948. The van der Waals surface area contributed by atoms with Crippen molar-refractivity contribution in [3.63, 3.8) is 0 Å². The standard InChI is InChI=1S/C19H20ClN3O4/c1-2-3-10-27-16-7-5-15(6-8-16)22-18(25)19(26)23-21-12-13-11-14(20)4-9-17(13)24/h4-9,11-12,24H,2-3,10H2,1H3,(H,22,25)(H,23,26)/b21-12-. The molecule has 2 amide bonds. The van der Waals surface area contributed by atoms with Crippen LogP contribution in [0.3, 0.4) is 0 Å². The van der Waals surface area contributed by atoms with Gasteiger partial charge in [0.25, 0.3) is 0 Å². The van der Waals surface area contributed by atoms with Gasteiger partial charge in [0, 0.05) is 16.3 Å². The van der Waals surface area contributed by atoms with Crippen LogP contribution in [-0.2, 0) is 9.59 Å². The summed E-state index contributed by atoms with van der Waals surface area (Å²) in [7, 11) is 0. The van der Waals surface area contributed by atoms with Crippen LogP contribution in [0.4, 0.5) is 5.69 Å². The first kappa shape index (κ1) is 20.3. The Hall–Kier alpha value is -3.06. The number of phenols is 1. The lowest BCUT2D eigenvalue weighted by Crippen LogP contribution is -2.32. The molecule has 3 N–H and O–H groups in total. The largest absolute Gasteiger partial charge is 0.507 e. The molecule has 0 aromatic heterocycles. The van der Waals surface area contributed by atoms with Crippen LogP contribution < -0.4 is 15.5 Å². The lowest BCUT2D eigenvalue weighted by Gasteiger charge is -2.07. The van der Waals surface area contributed by atoms with Gasteiger partial charge in [0.1, 0.15) is 11.5 Å². The molecule has 0 saturated heterocycles. The van der Waals surface area contributed by atoms with E-state index in [2.05, 4.69) is 22.8 Å². The van der Waals surface area contributed by atoms with Gasteiger partial charge >= 0.3 is 11.8 Å². The normalized spacial score (nSPS) is 10.6. The molecule has 0 spiro atoms. The van der Waals surface area contributed by atoms with Crippen molar-refractivity contribution >= 4 is 35.3 Å². The molecule has 0 aliphatic heterocycles. The number of hydrogen-bond donors (Lipinski definition) is 3. The summed E-state index contributed by atoms with van der Waals surface area (Å²) in [5.74, 6) is -1.18. The third-order valence-electron chi connectivity index (χ3n) is 3.44. The molecule has 0 radical (unpaired) electrons. The fourth-order valence-electron chi connectivity index (χ4n) is 2.00. The number of amides is 2. The van der Waals surface area contributed by atoms with E-state index in [0.717, 1.165) is 12.8 Å². The van der Waals surface area contributed by atoms with E-state index in [1.165, 1.54) is 24.4 Å². The smallest absolute Gasteiger partial charge is 0.329 e. The third-order valence-corrected chi connectivity index (χ3v) is 3.68. The summed E-state index contributed by atoms with van der Waals surface area (Å²) in [5, 5.41) is 16.1. The topological polar surface area (TPSA) is 100 Å². The average molecular weight is 390 g/mol. The number of benzene rings is 2. The minimum absolute atomic E-state index is 0.0527. The van der Waals surface area contributed by atoms with Crippen LogP contribution in [0.2, 0.25) is 5.02 Å². The molecule has 0 atom stereocenters. The number of phenolic OH excluding ortho intramolecular Hbond substituents is 1. The molecule has 0 fully saturated rings. The lowest BCUT2D eigenvalue weighted by atomic mass is 10.2. The highest BCUT2D eigenvalue weighted by Gasteiger charge is 2.13. The summed E-state index contributed by atoms with van der Waals surface area (Å²) in [5.41, 5.74) is 2.84. The molecule has 0 unspecified atom stereocenters. The van der Waals surface area contributed by atoms with Crippen molar-refractivity contribution in [2.75, 3.05) is 11.9 Å². The van der Waals surface area contributed by atoms with E-state index < -0.39 is 11.8 Å². The molecule has 0 aliphatic rings. The SMILES string of the molecule is CCCCOc1ccc(NC(=O)C(=O)N/N=C\c2cc(Cl)ccc2O)cc1. The Labute approximate surface area is 162 Å². The van der Waals surface area contributed by atoms with Crippen molar-refractivity contribution in [3.05, 3.63) is 53.1 Å². The average Bonchev–Trinajstić information content (AvgIpc) is 2.66. The number of nitrogens with one attached hydrogen (secondary N) is 2. The molecular weight excluding hydrogens is 370 g/mol. The predicted octanol–water partition coefficient (Wildman–Crippen LogP) is 3.31. The maximum absolute atomic E-state index is 11.9. The Morgan fingerprint density at radius 1 is 1.19 bits per heavy atom. The van der Waals surface area contributed by atoms with Crippen LogP contribution in [0.15, 0.2) is 47.6 Å². The second kappa shape index (κ2) is 10.2. The van der Waals surface area contributed by atoms with Gasteiger partial charge in [-0.3, -0.25) is 9.59 Å². The Balaban J connectivity index is 1.85. The molecule has 7 nitrogen and oxygen atoms in total. The third kappa shape index (κ3) is 6.63. The van der Waals surface area contributed by atoms with Gasteiger partial charge in [-0.25, -0.2) is 5.43 Å². The van der Waals surface area contributed by atoms with E-state index in [4.69, 9.17) is 16.3 Å². The van der Waals surface area contributed by atoms with Crippen LogP contribution >= 0.6 is 11.6 Å². The Morgan fingerprint density at radius 3 is 2.63 bits per heavy atom. The highest BCUT2D eigenvalue weighted by molar-refractivity contribution is 6.39. The molecular formula is C19H20ClN3O4. The van der Waals surface area contributed by atoms with E-state index in [-0.39, 0.29) is 5.75 Å². The molecule has 0 heterocycles. The van der Waals surface area contributed by atoms with Crippen molar-refractivity contribution < 1.29 is 19.4 Å². The molecule has 142 valence electrons. The Kier molecular flexibility index (Phi) is 7.63. The minimum Gasteiger partial charge on any atom is -0.507 e. The predicted molar refractivity (Wildman–Crippen MR) is 104 cm³/mol. The number of hydrazone groups is 1. The number of unbranched alkanes of at least 4 members (excludes halogenated alkanes) is 1. The summed E-state index contributed by atoms with van der Waals surface area (Å²) < 4.78 is 5.53. The zero-order valence-corrected chi connectivity index (χ0v) is 15.5. The first-order valence-corrected chi connectivity index (χ1v) is 8.73. The molecule has 27 heavy (non-hydrogen) atoms. The van der Waals surface area contributed by atoms with Crippen molar-refractivity contribution in [1.29, 1.82) is 0 Å². The van der Waals surface area contributed by atoms with Crippen molar-refractivity contribution in [2.24, 2.45) is 5.10 Å². The zero-order chi connectivity index (χ0) is 19.6. The van der Waals surface area contributed by atoms with Gasteiger partial charge in [-0.2, -0.15) is 5.10 Å². The first-order chi connectivity index (χ1) is 13.0. The number of rotatable bonds is 7. The van der Waals surface area contributed by atoms with Crippen LogP contribution in [0.5, 0.6) is 11.5 Å². The quantitative estimate of drug-likeness (QED) is 0.292. The van der Waals surface area contributed by atoms with Gasteiger partial charge in [-0.1, -0.05) is 24.9 Å². The molecule has 0 aliphatic carbocycles. The van der Waals surface area contributed by atoms with E-state index >= 15 is 0 Å². The fourth-order valence-corrected chi connectivity index (χ4v) is 2.18. The Bertz CT molecular complexity index is 822. The van der Waals surface area contributed by atoms with Crippen LogP contribution in [0.1, 0.15) is 25.3 Å². The summed E-state index contributed by atoms with van der Waals surface area (Å²) in [6, 6.07) is 11.1. The maximum Gasteiger partial charge on any atom is 0.329 e. The fraction of sp³-hybridized carbons (Fsp3) is 0.211. The van der Waals surface area contributed by atoms with E-state index in [0.29, 0.717) is 28.6 Å². The van der Waals surface area contributed by atoms with Crippen LogP contribution in [0.25, 0.3) is 0 Å². The lowest BCUT2D eigenvalue weighted by molar-refractivity contribution is -0.136. The summed E-state index contributed by atoms with van der Waals surface area (Å²) in [6.45, 7) is 2.71. The van der Waals surface area contributed by atoms with Crippen LogP contribution in [-0.4, -0.2) is 29.7 Å². The van der Waals surface area contributed by atoms with E-state index in [1.807, 2.05) is 0 Å². The second-order valence-corrected chi connectivity index (χ2v) is 6.02. The van der Waals surface area contributed by atoms with Gasteiger partial charge in [0.15, 0.2) is 0 Å². The molecule has 0 bridgehead atoms. The van der Waals surface area contributed by atoms with E-state index in [9.17, 15) is 14.7 Å². The second-order valence-electron chi connectivity index (χ2n) is 5.58. The highest BCUT2D eigenvalue weighted by Crippen LogP contribution is 2.19. The number of aromatic hydroxyl groups is 1. The number of ether oxygens (including phenoxy) is 1. The summed E-state index contributed by atoms with van der Waals surface area (Å²) >= 11 is 5.81. The van der Waals surface area contributed by atoms with Crippen LogP contribution in [0, 0.1) is 0 Å². The molecule has 0 saturated carbocycles. The number of nitrogens with zero attached hydrogens (tertiary/aromatic N) is 1. The highest BCUT2D eigenvalue weighted by atomic mass is 35.5. The molecule has 2 aromatic carbocycles. The zero-order valence-electron chi connectivity index (χ0n) is 14.7. The first-order valence-electron chi connectivity index (χ1n) is 8.35. The molecule has 2 rings (SSSR count). The van der Waals surface area contributed by atoms with Crippen molar-refractivity contribution in [3.8, 4) is 11.5 Å². The summed E-state index contributed by atoms with van der Waals surface area (Å²) in [6.07, 6.45) is 3.20. The maximum atomic E-state index is 11.9. The Morgan fingerprint density at radius 2 is 1.93 bits per heavy atom. The molecule has 8 heteroatoms. The van der Waals surface area contributed by atoms with Gasteiger partial charge in [0.05, 0.1) is 12.8 Å². The number of carbonyl (C=O) groups is 2. The van der Waals surface area contributed by atoms with Gasteiger partial charge in [0.2, 0.25) is 0 Å². The van der Waals surface area contributed by atoms with Gasteiger partial charge in [-0.05, 0) is 48.9 Å². The van der Waals surface area contributed by atoms with Gasteiger partial charge < -0.3 is 15.2 Å². The number of anilines is 1. The van der Waals surface area contributed by atoms with Crippen molar-refractivity contribution in [1.82, 2.24) is 5.43 Å². The number of hydrogen-bond acceptors (Lipinski definition) is 5. The number of halogens is 1. The van der Waals surface area contributed by atoms with E-state index in [1.54, 1.807) is 24.3 Å². The number of carbonyl (C=O) groups excluding carboxylic acids is 2. The monoisotopic (exact) mass is 389 g/mol. The molecule has 2 aromatic rings. The summed E-state index contributed by atoms with van der Waals surface area (Å²) in [4.78, 5) is 23.7.